The molecule has 0 aliphatic heterocycles. The number of amides is 1. The highest BCUT2D eigenvalue weighted by Crippen LogP contribution is 2.11. The summed E-state index contributed by atoms with van der Waals surface area (Å²) in [5, 5.41) is 3.82. The highest BCUT2D eigenvalue weighted by molar-refractivity contribution is 7.87. The van der Waals surface area contributed by atoms with E-state index in [1.165, 1.54) is 5.30 Å². The number of hydrogen-bond donors (Lipinski definition) is 2. The summed E-state index contributed by atoms with van der Waals surface area (Å²) < 4.78 is 0. The quantitative estimate of drug-likeness (QED) is 0.574. The van der Waals surface area contributed by atoms with Crippen molar-refractivity contribution in [1.29, 1.82) is 0 Å². The summed E-state index contributed by atoms with van der Waals surface area (Å²) in [5.74, 6) is -0.0410. The molecule has 1 N–H and O–H groups in total. The van der Waals surface area contributed by atoms with E-state index in [4.69, 9.17) is 0 Å². The molecule has 70 valence electrons. The lowest BCUT2D eigenvalue weighted by Gasteiger charge is -2.01. The Morgan fingerprint density at radius 3 is 2.54 bits per heavy atom. The topological polar surface area (TPSA) is 29.1 Å². The van der Waals surface area contributed by atoms with E-state index in [9.17, 15) is 4.79 Å². The fraction of sp³-hybridized carbons (Fsp3) is 0.222. The standard InChI is InChI=1S/C9H12NOPS/c1-10-9(11)7-2-4-8(5-3-7)12-6-13/h2-5,12-13H,6H2,1H3,(H,10,11). The molecule has 0 aromatic heterocycles. The Kier molecular flexibility index (Phi) is 4.26. The average Bonchev–Trinajstić information content (AvgIpc) is 2.18. The van der Waals surface area contributed by atoms with Crippen molar-refractivity contribution in [2.75, 3.05) is 12.5 Å². The zero-order valence-corrected chi connectivity index (χ0v) is 9.27. The molecule has 0 heterocycles. The molecule has 1 rings (SSSR count). The third-order valence-electron chi connectivity index (χ3n) is 1.66. The Hall–Kier alpha value is -0.530. The van der Waals surface area contributed by atoms with Crippen LogP contribution in [0.1, 0.15) is 10.4 Å². The molecule has 13 heavy (non-hydrogen) atoms. The van der Waals surface area contributed by atoms with Crippen LogP contribution in [-0.4, -0.2) is 18.4 Å². The molecule has 1 unspecified atom stereocenters. The molecule has 4 heteroatoms. The lowest BCUT2D eigenvalue weighted by Crippen LogP contribution is -2.18. The average molecular weight is 213 g/mol. The van der Waals surface area contributed by atoms with Crippen LogP contribution in [0, 0.1) is 0 Å². The van der Waals surface area contributed by atoms with E-state index in [0.29, 0.717) is 14.1 Å². The van der Waals surface area contributed by atoms with Gasteiger partial charge in [-0.05, 0) is 17.4 Å². The maximum atomic E-state index is 11.2. The van der Waals surface area contributed by atoms with Gasteiger partial charge in [0.25, 0.3) is 5.91 Å². The number of carbonyl (C=O) groups excluding carboxylic acids is 1. The molecule has 1 aromatic rings. The van der Waals surface area contributed by atoms with Gasteiger partial charge in [-0.1, -0.05) is 20.7 Å². The van der Waals surface area contributed by atoms with Gasteiger partial charge in [-0.2, -0.15) is 12.6 Å². The summed E-state index contributed by atoms with van der Waals surface area (Å²) in [6.45, 7) is 0. The van der Waals surface area contributed by atoms with Crippen molar-refractivity contribution in [3.8, 4) is 0 Å². The first-order valence-electron chi connectivity index (χ1n) is 3.95. The minimum atomic E-state index is -0.0410. The first-order chi connectivity index (χ1) is 6.27. The molecule has 0 aliphatic carbocycles. The van der Waals surface area contributed by atoms with Crippen molar-refractivity contribution >= 4 is 32.4 Å². The van der Waals surface area contributed by atoms with Gasteiger partial charge in [0.1, 0.15) is 0 Å². The van der Waals surface area contributed by atoms with Crippen LogP contribution < -0.4 is 10.6 Å². The summed E-state index contributed by atoms with van der Waals surface area (Å²) in [6, 6.07) is 7.62. The predicted octanol–water partition coefficient (Wildman–Crippen LogP) is 1.24. The number of benzene rings is 1. The number of thiol groups is 1. The maximum absolute atomic E-state index is 11.2. The summed E-state index contributed by atoms with van der Waals surface area (Å²) in [4.78, 5) is 11.2. The van der Waals surface area contributed by atoms with Crippen LogP contribution in [0.4, 0.5) is 0 Å². The highest BCUT2D eigenvalue weighted by Gasteiger charge is 2.01. The third-order valence-corrected chi connectivity index (χ3v) is 3.03. The van der Waals surface area contributed by atoms with Crippen molar-refractivity contribution in [2.45, 2.75) is 0 Å². The zero-order chi connectivity index (χ0) is 9.68. The predicted molar refractivity (Wildman–Crippen MR) is 61.6 cm³/mol. The van der Waals surface area contributed by atoms with E-state index in [1.807, 2.05) is 24.3 Å². The van der Waals surface area contributed by atoms with E-state index < -0.39 is 0 Å². The second-order valence-electron chi connectivity index (χ2n) is 2.49. The fourth-order valence-corrected chi connectivity index (χ4v) is 2.11. The van der Waals surface area contributed by atoms with Gasteiger partial charge in [0.05, 0.1) is 0 Å². The van der Waals surface area contributed by atoms with Crippen LogP contribution in [0.2, 0.25) is 0 Å². The minimum absolute atomic E-state index is 0.0410. The first kappa shape index (κ1) is 10.6. The molecule has 0 aliphatic rings. The Morgan fingerprint density at radius 1 is 1.46 bits per heavy atom. The Morgan fingerprint density at radius 2 is 2.08 bits per heavy atom. The van der Waals surface area contributed by atoms with Gasteiger partial charge in [0, 0.05) is 18.1 Å². The van der Waals surface area contributed by atoms with E-state index >= 15 is 0 Å². The first-order valence-corrected chi connectivity index (χ1v) is 5.78. The van der Waals surface area contributed by atoms with Gasteiger partial charge in [0.15, 0.2) is 0 Å². The molecular weight excluding hydrogens is 201 g/mol. The third kappa shape index (κ3) is 3.02. The molecule has 1 amide bonds. The monoisotopic (exact) mass is 213 g/mol. The molecule has 0 saturated heterocycles. The van der Waals surface area contributed by atoms with E-state index in [0.717, 1.165) is 5.49 Å². The van der Waals surface area contributed by atoms with E-state index in [2.05, 4.69) is 17.9 Å². The fourth-order valence-electron chi connectivity index (χ4n) is 0.975. The molecule has 0 spiro atoms. The SMILES string of the molecule is CNC(=O)c1ccc(PCS)cc1. The molecule has 2 nitrogen and oxygen atoms in total. The van der Waals surface area contributed by atoms with Gasteiger partial charge in [0.2, 0.25) is 0 Å². The molecule has 0 bridgehead atoms. The van der Waals surface area contributed by atoms with Crippen molar-refractivity contribution < 1.29 is 4.79 Å². The molecule has 0 saturated carbocycles. The summed E-state index contributed by atoms with van der Waals surface area (Å²) in [6.07, 6.45) is 0. The normalized spacial score (nSPS) is 10.6. The molecule has 1 atom stereocenters. The summed E-state index contributed by atoms with van der Waals surface area (Å²) in [7, 11) is 2.34. The zero-order valence-electron chi connectivity index (χ0n) is 7.37. The van der Waals surface area contributed by atoms with Crippen LogP contribution in [0.15, 0.2) is 24.3 Å². The van der Waals surface area contributed by atoms with Crippen LogP contribution in [0.25, 0.3) is 0 Å². The Bertz CT molecular complexity index is 286. The molecule has 0 fully saturated rings. The van der Waals surface area contributed by atoms with Gasteiger partial charge in [-0.3, -0.25) is 4.79 Å². The van der Waals surface area contributed by atoms with Crippen molar-refractivity contribution in [1.82, 2.24) is 5.32 Å². The number of hydrogen-bond acceptors (Lipinski definition) is 2. The van der Waals surface area contributed by atoms with Crippen molar-refractivity contribution in [3.05, 3.63) is 29.8 Å². The van der Waals surface area contributed by atoms with Gasteiger partial charge < -0.3 is 5.32 Å². The van der Waals surface area contributed by atoms with Crippen LogP contribution >= 0.6 is 21.2 Å². The van der Waals surface area contributed by atoms with E-state index in [1.54, 1.807) is 7.05 Å². The highest BCUT2D eigenvalue weighted by atomic mass is 32.1. The molecule has 1 aromatic carbocycles. The van der Waals surface area contributed by atoms with E-state index in [-0.39, 0.29) is 5.91 Å². The molecule has 0 radical (unpaired) electrons. The Labute approximate surface area is 85.3 Å². The Balaban J connectivity index is 2.75. The van der Waals surface area contributed by atoms with Crippen molar-refractivity contribution in [3.63, 3.8) is 0 Å². The number of rotatable bonds is 3. The number of carbonyl (C=O) groups is 1. The van der Waals surface area contributed by atoms with Crippen LogP contribution in [-0.2, 0) is 0 Å². The lowest BCUT2D eigenvalue weighted by molar-refractivity contribution is 0.0963. The smallest absolute Gasteiger partial charge is 0.251 e. The van der Waals surface area contributed by atoms with Crippen LogP contribution in [0.3, 0.4) is 0 Å². The lowest BCUT2D eigenvalue weighted by atomic mass is 10.2. The van der Waals surface area contributed by atoms with Crippen LogP contribution in [0.5, 0.6) is 0 Å². The van der Waals surface area contributed by atoms with Gasteiger partial charge >= 0.3 is 0 Å². The van der Waals surface area contributed by atoms with Gasteiger partial charge in [-0.25, -0.2) is 0 Å². The second kappa shape index (κ2) is 5.25. The maximum Gasteiger partial charge on any atom is 0.251 e. The largest absolute Gasteiger partial charge is 0.355 e. The minimum Gasteiger partial charge on any atom is -0.355 e. The molecular formula is C9H12NOPS. The second-order valence-corrected chi connectivity index (χ2v) is 4.69. The summed E-state index contributed by atoms with van der Waals surface area (Å²) >= 11 is 4.15. The number of nitrogens with one attached hydrogen (secondary N) is 1. The van der Waals surface area contributed by atoms with Gasteiger partial charge in [-0.15, -0.1) is 0 Å². The summed E-state index contributed by atoms with van der Waals surface area (Å²) in [5.41, 5.74) is 1.56. The van der Waals surface area contributed by atoms with Crippen molar-refractivity contribution in [2.24, 2.45) is 0 Å².